The van der Waals surface area contributed by atoms with Crippen LogP contribution >= 0.6 is 23.4 Å². The van der Waals surface area contributed by atoms with E-state index in [4.69, 9.17) is 11.6 Å². The van der Waals surface area contributed by atoms with Crippen LogP contribution in [0.25, 0.3) is 0 Å². The highest BCUT2D eigenvalue weighted by Crippen LogP contribution is 2.38. The first kappa shape index (κ1) is 14.7. The summed E-state index contributed by atoms with van der Waals surface area (Å²) >= 11 is 8.14. The molecule has 20 heavy (non-hydrogen) atoms. The number of benzene rings is 1. The lowest BCUT2D eigenvalue weighted by molar-refractivity contribution is 0.197. The van der Waals surface area contributed by atoms with Gasteiger partial charge in [0.05, 0.1) is 0 Å². The monoisotopic (exact) mass is 310 g/mol. The molecule has 1 saturated heterocycles. The third-order valence-corrected chi connectivity index (χ3v) is 5.84. The Balaban J connectivity index is 1.66. The predicted molar refractivity (Wildman–Crippen MR) is 87.8 cm³/mol. The molecule has 0 amide bonds. The Bertz CT molecular complexity index is 458. The first-order chi connectivity index (χ1) is 9.76. The number of nitrogens with one attached hydrogen (secondary N) is 1. The van der Waals surface area contributed by atoms with Crippen LogP contribution in [0.5, 0.6) is 0 Å². The molecule has 1 fully saturated rings. The second-order valence-electron chi connectivity index (χ2n) is 5.75. The fraction of sp³-hybridized carbons (Fsp3) is 0.625. The minimum atomic E-state index is 0.489. The molecule has 0 aliphatic carbocycles. The minimum absolute atomic E-state index is 0.489. The van der Waals surface area contributed by atoms with Gasteiger partial charge in [0.25, 0.3) is 0 Å². The van der Waals surface area contributed by atoms with Crippen LogP contribution in [0.2, 0.25) is 5.02 Å². The molecule has 0 bridgehead atoms. The van der Waals surface area contributed by atoms with Crippen LogP contribution < -0.4 is 5.32 Å². The van der Waals surface area contributed by atoms with Gasteiger partial charge in [-0.15, -0.1) is 11.8 Å². The van der Waals surface area contributed by atoms with Crippen LogP contribution in [0.4, 0.5) is 0 Å². The van der Waals surface area contributed by atoms with Gasteiger partial charge in [0.1, 0.15) is 0 Å². The van der Waals surface area contributed by atoms with Crippen molar-refractivity contribution in [1.29, 1.82) is 0 Å². The van der Waals surface area contributed by atoms with Gasteiger partial charge in [-0.1, -0.05) is 18.5 Å². The second kappa shape index (κ2) is 6.69. The van der Waals surface area contributed by atoms with Gasteiger partial charge in [-0.25, -0.2) is 0 Å². The molecular formula is C16H23ClN2S. The molecule has 0 aromatic heterocycles. The highest BCUT2D eigenvalue weighted by molar-refractivity contribution is 7.99. The van der Waals surface area contributed by atoms with E-state index in [2.05, 4.69) is 29.3 Å². The number of halogens is 1. The van der Waals surface area contributed by atoms with E-state index >= 15 is 0 Å². The molecule has 0 radical (unpaired) electrons. The first-order valence-corrected chi connectivity index (χ1v) is 9.03. The van der Waals surface area contributed by atoms with Crippen LogP contribution in [0.3, 0.4) is 0 Å². The van der Waals surface area contributed by atoms with Gasteiger partial charge in [-0.2, -0.15) is 0 Å². The molecule has 2 aliphatic heterocycles. The van der Waals surface area contributed by atoms with Crippen molar-refractivity contribution in [3.05, 3.63) is 28.8 Å². The summed E-state index contributed by atoms with van der Waals surface area (Å²) in [5, 5.41) is 4.75. The highest BCUT2D eigenvalue weighted by Gasteiger charge is 2.25. The molecule has 3 rings (SSSR count). The van der Waals surface area contributed by atoms with E-state index in [1.54, 1.807) is 0 Å². The summed E-state index contributed by atoms with van der Waals surface area (Å²) in [6.45, 7) is 5.91. The fourth-order valence-electron chi connectivity index (χ4n) is 3.24. The van der Waals surface area contributed by atoms with Crippen molar-refractivity contribution in [2.45, 2.75) is 43.2 Å². The summed E-state index contributed by atoms with van der Waals surface area (Å²) in [6, 6.07) is 7.49. The molecular weight excluding hydrogens is 288 g/mol. The van der Waals surface area contributed by atoms with Crippen LogP contribution in [0.15, 0.2) is 23.1 Å². The Morgan fingerprint density at radius 2 is 2.10 bits per heavy atom. The van der Waals surface area contributed by atoms with Crippen molar-refractivity contribution >= 4 is 23.4 Å². The van der Waals surface area contributed by atoms with Gasteiger partial charge in [-0.05, 0) is 68.4 Å². The second-order valence-corrected chi connectivity index (χ2v) is 7.32. The van der Waals surface area contributed by atoms with Gasteiger partial charge in [0.15, 0.2) is 0 Å². The Labute approximate surface area is 131 Å². The highest BCUT2D eigenvalue weighted by atomic mass is 35.5. The average molecular weight is 311 g/mol. The number of rotatable bonds is 3. The molecule has 1 unspecified atom stereocenters. The van der Waals surface area contributed by atoms with Crippen molar-refractivity contribution < 1.29 is 0 Å². The Morgan fingerprint density at radius 1 is 1.30 bits per heavy atom. The standard InChI is InChI=1S/C16H23ClN2S/c1-2-19-8-5-13(6-9-19)18-15-7-10-20-16-4-3-12(17)11-14(15)16/h3-4,11,13,15,18H,2,5-10H2,1H3. The molecule has 1 atom stereocenters. The number of hydrogen-bond acceptors (Lipinski definition) is 3. The van der Waals surface area contributed by atoms with Crippen LogP contribution in [0, 0.1) is 0 Å². The van der Waals surface area contributed by atoms with E-state index in [0.717, 1.165) is 5.02 Å². The molecule has 2 heterocycles. The van der Waals surface area contributed by atoms with Gasteiger partial charge in [-0.3, -0.25) is 0 Å². The smallest absolute Gasteiger partial charge is 0.0410 e. The summed E-state index contributed by atoms with van der Waals surface area (Å²) in [5.74, 6) is 1.21. The minimum Gasteiger partial charge on any atom is -0.307 e. The van der Waals surface area contributed by atoms with Crippen LogP contribution in [-0.4, -0.2) is 36.3 Å². The zero-order chi connectivity index (χ0) is 13.9. The number of fused-ring (bicyclic) bond motifs is 1. The zero-order valence-corrected chi connectivity index (χ0v) is 13.6. The lowest BCUT2D eigenvalue weighted by Gasteiger charge is -2.35. The van der Waals surface area contributed by atoms with Gasteiger partial charge in [0, 0.05) is 22.0 Å². The lowest BCUT2D eigenvalue weighted by Crippen LogP contribution is -2.44. The largest absolute Gasteiger partial charge is 0.307 e. The van der Waals surface area contributed by atoms with E-state index in [0.29, 0.717) is 12.1 Å². The van der Waals surface area contributed by atoms with Crippen molar-refractivity contribution in [2.75, 3.05) is 25.4 Å². The number of thioether (sulfide) groups is 1. The van der Waals surface area contributed by atoms with E-state index in [1.165, 1.54) is 55.1 Å². The average Bonchev–Trinajstić information content (AvgIpc) is 2.49. The summed E-state index contributed by atoms with van der Waals surface area (Å²) in [4.78, 5) is 3.95. The third kappa shape index (κ3) is 3.33. The third-order valence-electron chi connectivity index (χ3n) is 4.48. The SMILES string of the molecule is CCN1CCC(NC2CCSc3ccc(Cl)cc32)CC1. The van der Waals surface area contributed by atoms with E-state index in [-0.39, 0.29) is 0 Å². The Kier molecular flexibility index (Phi) is 4.92. The maximum absolute atomic E-state index is 6.18. The van der Waals surface area contributed by atoms with Crippen LogP contribution in [0.1, 0.15) is 37.8 Å². The fourth-order valence-corrected chi connectivity index (χ4v) is 4.52. The summed E-state index contributed by atoms with van der Waals surface area (Å²) in [6.07, 6.45) is 3.76. The van der Waals surface area contributed by atoms with E-state index < -0.39 is 0 Å². The number of piperidine rings is 1. The quantitative estimate of drug-likeness (QED) is 0.910. The van der Waals surface area contributed by atoms with Crippen molar-refractivity contribution in [3.8, 4) is 0 Å². The summed E-state index contributed by atoms with van der Waals surface area (Å²) in [7, 11) is 0. The predicted octanol–water partition coefficient (Wildman–Crippen LogP) is 3.95. The van der Waals surface area contributed by atoms with Crippen LogP contribution in [-0.2, 0) is 0 Å². The summed E-state index contributed by atoms with van der Waals surface area (Å²) in [5.41, 5.74) is 1.41. The van der Waals surface area contributed by atoms with Gasteiger partial charge >= 0.3 is 0 Å². The van der Waals surface area contributed by atoms with Crippen molar-refractivity contribution in [1.82, 2.24) is 10.2 Å². The normalized spacial score (nSPS) is 24.6. The molecule has 1 aromatic rings. The van der Waals surface area contributed by atoms with E-state index in [9.17, 15) is 0 Å². The maximum Gasteiger partial charge on any atom is 0.0410 e. The molecule has 2 nitrogen and oxygen atoms in total. The molecule has 1 aromatic carbocycles. The molecule has 4 heteroatoms. The lowest BCUT2D eigenvalue weighted by atomic mass is 9.99. The zero-order valence-electron chi connectivity index (χ0n) is 12.1. The molecule has 0 saturated carbocycles. The number of nitrogens with zero attached hydrogens (tertiary/aromatic N) is 1. The van der Waals surface area contributed by atoms with Gasteiger partial charge in [0.2, 0.25) is 0 Å². The topological polar surface area (TPSA) is 15.3 Å². The molecule has 0 spiro atoms. The Morgan fingerprint density at radius 3 is 2.85 bits per heavy atom. The first-order valence-electron chi connectivity index (χ1n) is 7.67. The maximum atomic E-state index is 6.18. The van der Waals surface area contributed by atoms with Crippen molar-refractivity contribution in [2.24, 2.45) is 0 Å². The molecule has 110 valence electrons. The number of hydrogen-bond donors (Lipinski definition) is 1. The van der Waals surface area contributed by atoms with E-state index in [1.807, 2.05) is 17.8 Å². The molecule has 1 N–H and O–H groups in total. The van der Waals surface area contributed by atoms with Gasteiger partial charge < -0.3 is 10.2 Å². The Hall–Kier alpha value is -0.220. The van der Waals surface area contributed by atoms with Crippen molar-refractivity contribution in [3.63, 3.8) is 0 Å². The molecule has 2 aliphatic rings. The number of likely N-dealkylation sites (tertiary alicyclic amines) is 1. The summed E-state index contributed by atoms with van der Waals surface area (Å²) < 4.78 is 0.